The Morgan fingerprint density at radius 2 is 1.71 bits per heavy atom. The molecule has 0 aromatic heterocycles. The summed E-state index contributed by atoms with van der Waals surface area (Å²) < 4.78 is 44.6. The Bertz CT molecular complexity index is 790. The number of benzene rings is 2. The molecule has 5 nitrogen and oxygen atoms in total. The van der Waals surface area contributed by atoms with Crippen LogP contribution in [0.15, 0.2) is 42.5 Å². The van der Waals surface area contributed by atoms with Gasteiger partial charge in [-0.25, -0.2) is 12.8 Å². The van der Waals surface area contributed by atoms with Crippen molar-refractivity contribution in [1.82, 2.24) is 0 Å². The quantitative estimate of drug-likeness (QED) is 0.799. The maximum Gasteiger partial charge on any atom is 0.235 e. The number of rotatable bonds is 7. The fourth-order valence-corrected chi connectivity index (χ4v) is 2.65. The van der Waals surface area contributed by atoms with Gasteiger partial charge in [0, 0.05) is 24.0 Å². The lowest BCUT2D eigenvalue weighted by molar-refractivity contribution is 0.386. The fourth-order valence-electron chi connectivity index (χ4n) is 1.95. The van der Waals surface area contributed by atoms with E-state index in [1.54, 1.807) is 38.1 Å². The van der Waals surface area contributed by atoms with Gasteiger partial charge in [0.1, 0.15) is 0 Å². The lowest BCUT2D eigenvalue weighted by Gasteiger charge is -2.12. The number of nitrogens with one attached hydrogen (secondary N) is 2. The van der Waals surface area contributed by atoms with E-state index in [-0.39, 0.29) is 5.75 Å². The molecular formula is C17H21FN2O3S. The maximum absolute atomic E-state index is 13.6. The Balaban J connectivity index is 1.98. The van der Waals surface area contributed by atoms with Crippen LogP contribution < -0.4 is 14.8 Å². The molecule has 2 aromatic rings. The van der Waals surface area contributed by atoms with Gasteiger partial charge in [-0.05, 0) is 43.7 Å². The molecule has 0 radical (unpaired) electrons. The topological polar surface area (TPSA) is 67.4 Å². The Morgan fingerprint density at radius 1 is 1.08 bits per heavy atom. The van der Waals surface area contributed by atoms with Crippen molar-refractivity contribution in [1.29, 1.82) is 0 Å². The van der Waals surface area contributed by atoms with Crippen LogP contribution in [0.2, 0.25) is 0 Å². The van der Waals surface area contributed by atoms with E-state index < -0.39 is 21.1 Å². The summed E-state index contributed by atoms with van der Waals surface area (Å²) in [5.41, 5.74) is 2.10. The summed E-state index contributed by atoms with van der Waals surface area (Å²) in [5.74, 6) is -0.233. The van der Waals surface area contributed by atoms with E-state index in [9.17, 15) is 12.8 Å². The largest absolute Gasteiger partial charge is 0.494 e. The van der Waals surface area contributed by atoms with Crippen molar-refractivity contribution in [3.8, 4) is 5.75 Å². The van der Waals surface area contributed by atoms with E-state index >= 15 is 0 Å². The predicted octanol–water partition coefficient (Wildman–Crippen LogP) is 3.60. The van der Waals surface area contributed by atoms with Crippen LogP contribution in [0.1, 0.15) is 19.4 Å². The van der Waals surface area contributed by atoms with Gasteiger partial charge in [0.15, 0.2) is 11.6 Å². The normalized spacial score (nSPS) is 11.4. The van der Waals surface area contributed by atoms with E-state index in [4.69, 9.17) is 4.74 Å². The molecule has 0 atom stereocenters. The molecule has 0 saturated heterocycles. The molecule has 0 bridgehead atoms. The second-order valence-corrected chi connectivity index (χ2v) is 7.83. The lowest BCUT2D eigenvalue weighted by atomic mass is 10.2. The Hall–Kier alpha value is -2.28. The molecule has 0 spiro atoms. The van der Waals surface area contributed by atoms with Crippen molar-refractivity contribution in [2.45, 2.75) is 25.6 Å². The second-order valence-electron chi connectivity index (χ2n) is 5.60. The van der Waals surface area contributed by atoms with Crippen LogP contribution in [0.3, 0.4) is 0 Å². The number of hydrogen-bond donors (Lipinski definition) is 2. The Kier molecular flexibility index (Phi) is 5.66. The van der Waals surface area contributed by atoms with Gasteiger partial charge in [-0.1, -0.05) is 12.1 Å². The molecule has 0 aliphatic rings. The standard InChI is InChI=1S/C17H21FN2O3S/c1-12(2)24(21,22)20-14-6-4-13(5-7-14)11-19-15-8-9-17(23-3)16(18)10-15/h4-10,12,19-20H,11H2,1-3H3. The number of halogens is 1. The molecule has 0 fully saturated rings. The molecule has 0 saturated carbocycles. The molecular weight excluding hydrogens is 331 g/mol. The lowest BCUT2D eigenvalue weighted by Crippen LogP contribution is -2.22. The van der Waals surface area contributed by atoms with Crippen molar-refractivity contribution in [2.24, 2.45) is 0 Å². The highest BCUT2D eigenvalue weighted by Crippen LogP contribution is 2.21. The van der Waals surface area contributed by atoms with E-state index in [2.05, 4.69) is 10.0 Å². The number of hydrogen-bond acceptors (Lipinski definition) is 4. The summed E-state index contributed by atoms with van der Waals surface area (Å²) in [6, 6.07) is 11.7. The third kappa shape index (κ3) is 4.61. The minimum atomic E-state index is -3.35. The van der Waals surface area contributed by atoms with E-state index in [0.717, 1.165) is 5.56 Å². The Labute approximate surface area is 141 Å². The first kappa shape index (κ1) is 18.1. The fraction of sp³-hybridized carbons (Fsp3) is 0.294. The van der Waals surface area contributed by atoms with Crippen LogP contribution in [-0.4, -0.2) is 20.8 Å². The summed E-state index contributed by atoms with van der Waals surface area (Å²) in [5, 5.41) is 2.61. The molecule has 24 heavy (non-hydrogen) atoms. The van der Waals surface area contributed by atoms with Crippen molar-refractivity contribution in [3.63, 3.8) is 0 Å². The average Bonchev–Trinajstić information content (AvgIpc) is 2.54. The van der Waals surface area contributed by atoms with Gasteiger partial charge < -0.3 is 10.1 Å². The minimum absolute atomic E-state index is 0.197. The van der Waals surface area contributed by atoms with Crippen molar-refractivity contribution >= 4 is 21.4 Å². The van der Waals surface area contributed by atoms with Gasteiger partial charge in [0.25, 0.3) is 0 Å². The van der Waals surface area contributed by atoms with Crippen LogP contribution in [0, 0.1) is 5.82 Å². The van der Waals surface area contributed by atoms with Crippen molar-refractivity contribution in [2.75, 3.05) is 17.1 Å². The molecule has 7 heteroatoms. The highest BCUT2D eigenvalue weighted by Gasteiger charge is 2.15. The average molecular weight is 352 g/mol. The molecule has 0 aliphatic heterocycles. The smallest absolute Gasteiger partial charge is 0.235 e. The summed E-state index contributed by atoms with van der Waals surface area (Å²) >= 11 is 0. The molecule has 2 N–H and O–H groups in total. The monoisotopic (exact) mass is 352 g/mol. The van der Waals surface area contributed by atoms with Gasteiger partial charge in [-0.3, -0.25) is 4.72 Å². The zero-order valence-corrected chi connectivity index (χ0v) is 14.7. The third-order valence-electron chi connectivity index (χ3n) is 3.48. The van der Waals surface area contributed by atoms with Gasteiger partial charge in [0.05, 0.1) is 12.4 Å². The van der Waals surface area contributed by atoms with Crippen molar-refractivity contribution in [3.05, 3.63) is 53.8 Å². The van der Waals surface area contributed by atoms with Crippen LogP contribution >= 0.6 is 0 Å². The molecule has 0 heterocycles. The van der Waals surface area contributed by atoms with Crippen molar-refractivity contribution < 1.29 is 17.5 Å². The van der Waals surface area contributed by atoms with Crippen LogP contribution in [-0.2, 0) is 16.6 Å². The third-order valence-corrected chi connectivity index (χ3v) is 5.24. The van der Waals surface area contributed by atoms with E-state index in [0.29, 0.717) is 17.9 Å². The summed E-state index contributed by atoms with van der Waals surface area (Å²) in [6.45, 7) is 3.73. The molecule has 0 aliphatic carbocycles. The molecule has 2 aromatic carbocycles. The summed E-state index contributed by atoms with van der Waals surface area (Å²) in [7, 11) is -1.93. The molecule has 2 rings (SSSR count). The predicted molar refractivity (Wildman–Crippen MR) is 94.4 cm³/mol. The summed E-state index contributed by atoms with van der Waals surface area (Å²) in [4.78, 5) is 0. The van der Waals surface area contributed by atoms with Gasteiger partial charge >= 0.3 is 0 Å². The highest BCUT2D eigenvalue weighted by molar-refractivity contribution is 7.93. The molecule has 0 unspecified atom stereocenters. The number of methoxy groups -OCH3 is 1. The second kappa shape index (κ2) is 7.53. The number of ether oxygens (including phenoxy) is 1. The highest BCUT2D eigenvalue weighted by atomic mass is 32.2. The van der Waals surface area contributed by atoms with E-state index in [1.165, 1.54) is 13.2 Å². The molecule has 0 amide bonds. The minimum Gasteiger partial charge on any atom is -0.494 e. The first-order valence-electron chi connectivity index (χ1n) is 7.50. The van der Waals surface area contributed by atoms with Crippen LogP contribution in [0.5, 0.6) is 5.75 Å². The van der Waals surface area contributed by atoms with Gasteiger partial charge in [-0.15, -0.1) is 0 Å². The van der Waals surface area contributed by atoms with Crippen LogP contribution in [0.25, 0.3) is 0 Å². The zero-order valence-electron chi connectivity index (χ0n) is 13.8. The van der Waals surface area contributed by atoms with Gasteiger partial charge in [-0.2, -0.15) is 0 Å². The zero-order chi connectivity index (χ0) is 17.7. The number of sulfonamides is 1. The molecule has 130 valence electrons. The first-order valence-corrected chi connectivity index (χ1v) is 9.04. The van der Waals surface area contributed by atoms with Gasteiger partial charge in [0.2, 0.25) is 10.0 Å². The SMILES string of the molecule is COc1ccc(NCc2ccc(NS(=O)(=O)C(C)C)cc2)cc1F. The van der Waals surface area contributed by atoms with Crippen LogP contribution in [0.4, 0.5) is 15.8 Å². The Morgan fingerprint density at radius 3 is 2.25 bits per heavy atom. The first-order chi connectivity index (χ1) is 11.3. The maximum atomic E-state index is 13.6. The summed E-state index contributed by atoms with van der Waals surface area (Å²) in [6.07, 6.45) is 0. The van der Waals surface area contributed by atoms with E-state index in [1.807, 2.05) is 12.1 Å². The number of anilines is 2.